The van der Waals surface area contributed by atoms with Crippen molar-refractivity contribution in [3.05, 3.63) is 102 Å². The highest BCUT2D eigenvalue weighted by Crippen LogP contribution is 2.20. The van der Waals surface area contributed by atoms with Crippen LogP contribution in [0, 0.1) is 5.82 Å². The minimum atomic E-state index is -0.287. The maximum absolute atomic E-state index is 13.1. The molecular weight excluding hydrogens is 423 g/mol. The van der Waals surface area contributed by atoms with Crippen LogP contribution in [0.25, 0.3) is 11.1 Å². The summed E-state index contributed by atoms with van der Waals surface area (Å²) in [6.07, 6.45) is 5.37. The molecule has 2 N–H and O–H groups in total. The minimum Gasteiger partial charge on any atom is -0.348 e. The highest BCUT2D eigenvalue weighted by Gasteiger charge is 2.08. The number of carbonyl (C=O) groups is 1. The second-order valence-electron chi connectivity index (χ2n) is 7.04. The zero-order chi connectivity index (χ0) is 22.3. The molecule has 0 saturated heterocycles. The molecule has 0 unspecified atom stereocenters. The van der Waals surface area contributed by atoms with Crippen LogP contribution in [0.2, 0.25) is 0 Å². The molecule has 0 saturated carbocycles. The third-order valence-corrected chi connectivity index (χ3v) is 5.57. The van der Waals surface area contributed by atoms with E-state index in [2.05, 4.69) is 20.6 Å². The molecule has 0 fully saturated rings. The maximum Gasteiger partial charge on any atom is 0.251 e. The first kappa shape index (κ1) is 21.5. The van der Waals surface area contributed by atoms with Crippen molar-refractivity contribution in [1.29, 1.82) is 0 Å². The Morgan fingerprint density at radius 3 is 2.34 bits per heavy atom. The molecule has 1 heterocycles. The van der Waals surface area contributed by atoms with Crippen molar-refractivity contribution in [2.75, 3.05) is 11.6 Å². The fourth-order valence-electron chi connectivity index (χ4n) is 3.08. The molecule has 4 aromatic rings. The van der Waals surface area contributed by atoms with E-state index in [4.69, 9.17) is 0 Å². The Morgan fingerprint density at radius 2 is 1.66 bits per heavy atom. The molecule has 0 spiro atoms. The standard InChI is InChI=1S/C25H21FN4OS/c1-32-23-11-5-17(6-12-23)14-27-24(31)19-3-2-4-22(13-19)30-25-28-15-20(16-29-25)18-7-9-21(26)10-8-18/h2-13,15-16H,14H2,1H3,(H,27,31)(H,28,29,30). The van der Waals surface area contributed by atoms with Crippen LogP contribution in [-0.2, 0) is 6.54 Å². The Labute approximate surface area is 190 Å². The summed E-state index contributed by atoms with van der Waals surface area (Å²) >= 11 is 1.68. The molecule has 1 aromatic heterocycles. The summed E-state index contributed by atoms with van der Waals surface area (Å²) in [5.74, 6) is -0.0390. The van der Waals surface area contributed by atoms with Crippen molar-refractivity contribution in [3.63, 3.8) is 0 Å². The summed E-state index contributed by atoms with van der Waals surface area (Å²) in [7, 11) is 0. The van der Waals surface area contributed by atoms with E-state index < -0.39 is 0 Å². The molecule has 7 heteroatoms. The van der Waals surface area contributed by atoms with Crippen molar-refractivity contribution in [3.8, 4) is 11.1 Å². The monoisotopic (exact) mass is 444 g/mol. The highest BCUT2D eigenvalue weighted by atomic mass is 32.2. The third-order valence-electron chi connectivity index (χ3n) is 4.82. The summed E-state index contributed by atoms with van der Waals surface area (Å²) in [5.41, 5.74) is 3.91. The zero-order valence-electron chi connectivity index (χ0n) is 17.4. The largest absolute Gasteiger partial charge is 0.348 e. The van der Waals surface area contributed by atoms with Gasteiger partial charge in [-0.05, 0) is 59.8 Å². The van der Waals surface area contributed by atoms with Gasteiger partial charge in [0.25, 0.3) is 5.91 Å². The molecule has 5 nitrogen and oxygen atoms in total. The Balaban J connectivity index is 1.38. The molecule has 0 bridgehead atoms. The topological polar surface area (TPSA) is 66.9 Å². The summed E-state index contributed by atoms with van der Waals surface area (Å²) in [6, 6.07) is 21.4. The lowest BCUT2D eigenvalue weighted by Crippen LogP contribution is -2.22. The van der Waals surface area contributed by atoms with Crippen LogP contribution in [0.15, 0.2) is 90.1 Å². The second kappa shape index (κ2) is 10.1. The Hall–Kier alpha value is -3.71. The first-order valence-corrected chi connectivity index (χ1v) is 11.2. The average Bonchev–Trinajstić information content (AvgIpc) is 2.84. The van der Waals surface area contributed by atoms with E-state index >= 15 is 0 Å². The number of thioether (sulfide) groups is 1. The van der Waals surface area contributed by atoms with E-state index in [-0.39, 0.29) is 11.7 Å². The number of nitrogens with one attached hydrogen (secondary N) is 2. The van der Waals surface area contributed by atoms with E-state index in [0.717, 1.165) is 16.7 Å². The zero-order valence-corrected chi connectivity index (χ0v) is 18.2. The molecule has 4 rings (SSSR count). The number of rotatable bonds is 7. The molecule has 160 valence electrons. The predicted molar refractivity (Wildman–Crippen MR) is 127 cm³/mol. The van der Waals surface area contributed by atoms with Gasteiger partial charge < -0.3 is 10.6 Å². The Bertz CT molecular complexity index is 1200. The van der Waals surface area contributed by atoms with Crippen LogP contribution in [0.3, 0.4) is 0 Å². The van der Waals surface area contributed by atoms with Gasteiger partial charge in [0.2, 0.25) is 5.95 Å². The number of anilines is 2. The summed E-state index contributed by atoms with van der Waals surface area (Å²) in [5, 5.41) is 6.05. The summed E-state index contributed by atoms with van der Waals surface area (Å²) in [4.78, 5) is 22.4. The van der Waals surface area contributed by atoms with E-state index in [1.807, 2.05) is 36.6 Å². The highest BCUT2D eigenvalue weighted by molar-refractivity contribution is 7.98. The van der Waals surface area contributed by atoms with Gasteiger partial charge in [-0.15, -0.1) is 11.8 Å². The Kier molecular flexibility index (Phi) is 6.77. The normalized spacial score (nSPS) is 10.6. The Morgan fingerprint density at radius 1 is 0.938 bits per heavy atom. The van der Waals surface area contributed by atoms with Crippen molar-refractivity contribution in [2.24, 2.45) is 0 Å². The molecule has 0 aliphatic rings. The molecule has 0 radical (unpaired) electrons. The fraction of sp³-hybridized carbons (Fsp3) is 0.0800. The molecule has 0 aliphatic heterocycles. The van der Waals surface area contributed by atoms with Crippen molar-refractivity contribution in [2.45, 2.75) is 11.4 Å². The van der Waals surface area contributed by atoms with Gasteiger partial charge in [-0.3, -0.25) is 4.79 Å². The van der Waals surface area contributed by atoms with Crippen LogP contribution in [-0.4, -0.2) is 22.1 Å². The summed E-state index contributed by atoms with van der Waals surface area (Å²) < 4.78 is 13.1. The molecule has 0 atom stereocenters. The molecule has 3 aromatic carbocycles. The number of hydrogen-bond donors (Lipinski definition) is 2. The SMILES string of the molecule is CSc1ccc(CNC(=O)c2cccc(Nc3ncc(-c4ccc(F)cc4)cn3)c2)cc1. The smallest absolute Gasteiger partial charge is 0.251 e. The number of aromatic nitrogens is 2. The van der Waals surface area contributed by atoms with E-state index in [9.17, 15) is 9.18 Å². The number of carbonyl (C=O) groups excluding carboxylic acids is 1. The minimum absolute atomic E-state index is 0.157. The van der Waals surface area contributed by atoms with Gasteiger partial charge in [-0.1, -0.05) is 30.3 Å². The second-order valence-corrected chi connectivity index (χ2v) is 7.92. The van der Waals surface area contributed by atoms with Crippen molar-refractivity contribution < 1.29 is 9.18 Å². The average molecular weight is 445 g/mol. The van der Waals surface area contributed by atoms with E-state index in [0.29, 0.717) is 23.7 Å². The lowest BCUT2D eigenvalue weighted by molar-refractivity contribution is 0.0951. The lowest BCUT2D eigenvalue weighted by Gasteiger charge is -2.09. The first-order chi connectivity index (χ1) is 15.6. The number of nitrogens with zero attached hydrogens (tertiary/aromatic N) is 2. The van der Waals surface area contributed by atoms with Crippen molar-refractivity contribution in [1.82, 2.24) is 15.3 Å². The number of halogens is 1. The van der Waals surface area contributed by atoms with Gasteiger partial charge in [0.1, 0.15) is 5.82 Å². The lowest BCUT2D eigenvalue weighted by atomic mass is 10.1. The van der Waals surface area contributed by atoms with Gasteiger partial charge in [-0.25, -0.2) is 14.4 Å². The van der Waals surface area contributed by atoms with Gasteiger partial charge in [0.15, 0.2) is 0 Å². The fourth-order valence-corrected chi connectivity index (χ4v) is 3.49. The van der Waals surface area contributed by atoms with E-state index in [1.165, 1.54) is 17.0 Å². The van der Waals surface area contributed by atoms with E-state index in [1.54, 1.807) is 54.5 Å². The number of benzene rings is 3. The van der Waals surface area contributed by atoms with Crippen LogP contribution in [0.4, 0.5) is 16.0 Å². The number of hydrogen-bond acceptors (Lipinski definition) is 5. The van der Waals surface area contributed by atoms with Gasteiger partial charge in [0, 0.05) is 40.6 Å². The predicted octanol–water partition coefficient (Wildman–Crippen LogP) is 5.68. The molecule has 32 heavy (non-hydrogen) atoms. The number of amides is 1. The van der Waals surface area contributed by atoms with Gasteiger partial charge >= 0.3 is 0 Å². The van der Waals surface area contributed by atoms with Gasteiger partial charge in [0.05, 0.1) is 0 Å². The third kappa shape index (κ3) is 5.50. The quantitative estimate of drug-likeness (QED) is 0.359. The van der Waals surface area contributed by atoms with Crippen LogP contribution < -0.4 is 10.6 Å². The summed E-state index contributed by atoms with van der Waals surface area (Å²) in [6.45, 7) is 0.457. The van der Waals surface area contributed by atoms with Gasteiger partial charge in [-0.2, -0.15) is 0 Å². The van der Waals surface area contributed by atoms with Crippen LogP contribution in [0.5, 0.6) is 0 Å². The molecule has 0 aliphatic carbocycles. The molecular formula is C25H21FN4OS. The van der Waals surface area contributed by atoms with Crippen molar-refractivity contribution >= 4 is 29.3 Å². The maximum atomic E-state index is 13.1. The van der Waals surface area contributed by atoms with Crippen LogP contribution in [0.1, 0.15) is 15.9 Å². The van der Waals surface area contributed by atoms with Crippen LogP contribution >= 0.6 is 11.8 Å². The molecule has 1 amide bonds. The first-order valence-electron chi connectivity index (χ1n) is 9.97.